The third-order valence-electron chi connectivity index (χ3n) is 2.92. The number of rotatable bonds is 6. The second-order valence-electron chi connectivity index (χ2n) is 4.57. The molecule has 3 aromatic rings. The van der Waals surface area contributed by atoms with Crippen molar-refractivity contribution in [3.63, 3.8) is 0 Å². The van der Waals surface area contributed by atoms with E-state index in [1.807, 2.05) is 48.5 Å². The van der Waals surface area contributed by atoms with Crippen molar-refractivity contribution in [2.45, 2.75) is 10.8 Å². The van der Waals surface area contributed by atoms with Gasteiger partial charge in [-0.1, -0.05) is 30.0 Å². The molecule has 0 aliphatic heterocycles. The summed E-state index contributed by atoms with van der Waals surface area (Å²) >= 11 is 3.47. The molecule has 0 fully saturated rings. The molecule has 1 heterocycles. The highest BCUT2D eigenvalue weighted by Crippen LogP contribution is 2.30. The zero-order valence-electron chi connectivity index (χ0n) is 11.5. The number of ether oxygens (including phenoxy) is 1. The number of nitrogen functional groups attached to an aromatic ring is 1. The number of thiazole rings is 1. The van der Waals surface area contributed by atoms with Crippen LogP contribution in [0.15, 0.2) is 52.9 Å². The first-order valence-electron chi connectivity index (χ1n) is 6.78. The van der Waals surface area contributed by atoms with Crippen LogP contribution in [0.1, 0.15) is 6.42 Å². The summed E-state index contributed by atoms with van der Waals surface area (Å²) in [6, 6.07) is 15.8. The van der Waals surface area contributed by atoms with Gasteiger partial charge in [-0.3, -0.25) is 0 Å². The predicted molar refractivity (Wildman–Crippen MR) is 91.3 cm³/mol. The Morgan fingerprint density at radius 3 is 2.86 bits per heavy atom. The van der Waals surface area contributed by atoms with Gasteiger partial charge in [0.05, 0.1) is 16.8 Å². The summed E-state index contributed by atoms with van der Waals surface area (Å²) < 4.78 is 7.92. The first kappa shape index (κ1) is 14.2. The van der Waals surface area contributed by atoms with Crippen LogP contribution in [-0.2, 0) is 0 Å². The first-order valence-corrected chi connectivity index (χ1v) is 8.58. The summed E-state index contributed by atoms with van der Waals surface area (Å²) in [5, 5.41) is 0. The maximum Gasteiger partial charge on any atom is 0.151 e. The number of hydrogen-bond acceptors (Lipinski definition) is 5. The molecule has 0 spiro atoms. The Bertz CT molecular complexity index is 713. The average molecular weight is 316 g/mol. The van der Waals surface area contributed by atoms with E-state index in [1.165, 1.54) is 0 Å². The van der Waals surface area contributed by atoms with E-state index >= 15 is 0 Å². The van der Waals surface area contributed by atoms with Gasteiger partial charge in [-0.05, 0) is 36.8 Å². The summed E-state index contributed by atoms with van der Waals surface area (Å²) in [5.41, 5.74) is 7.60. The van der Waals surface area contributed by atoms with Crippen LogP contribution in [-0.4, -0.2) is 17.3 Å². The van der Waals surface area contributed by atoms with Crippen LogP contribution < -0.4 is 10.5 Å². The van der Waals surface area contributed by atoms with E-state index in [9.17, 15) is 0 Å². The molecule has 21 heavy (non-hydrogen) atoms. The van der Waals surface area contributed by atoms with Crippen molar-refractivity contribution in [3.05, 3.63) is 48.5 Å². The van der Waals surface area contributed by atoms with Gasteiger partial charge in [-0.15, -0.1) is 11.3 Å². The standard InChI is InChI=1S/C16H16N2OS2/c17-12-7-8-14-15(11-12)21-16(18-14)20-10-4-9-19-13-5-2-1-3-6-13/h1-3,5-8,11H,4,9-10,17H2. The van der Waals surface area contributed by atoms with Crippen molar-refractivity contribution in [1.29, 1.82) is 0 Å². The molecule has 0 radical (unpaired) electrons. The minimum Gasteiger partial charge on any atom is -0.494 e. The fraction of sp³-hybridized carbons (Fsp3) is 0.188. The first-order chi connectivity index (χ1) is 10.3. The predicted octanol–water partition coefficient (Wildman–Crippen LogP) is 4.44. The molecule has 0 saturated carbocycles. The normalized spacial score (nSPS) is 10.9. The van der Waals surface area contributed by atoms with E-state index in [0.29, 0.717) is 0 Å². The van der Waals surface area contributed by atoms with Crippen LogP contribution in [0, 0.1) is 0 Å². The Balaban J connectivity index is 1.46. The highest BCUT2D eigenvalue weighted by atomic mass is 32.2. The fourth-order valence-electron chi connectivity index (χ4n) is 1.91. The van der Waals surface area contributed by atoms with E-state index < -0.39 is 0 Å². The SMILES string of the molecule is Nc1ccc2nc(SCCCOc3ccccc3)sc2c1. The van der Waals surface area contributed by atoms with Gasteiger partial charge in [0.1, 0.15) is 5.75 Å². The topological polar surface area (TPSA) is 48.1 Å². The van der Waals surface area contributed by atoms with E-state index in [1.54, 1.807) is 23.1 Å². The minimum absolute atomic E-state index is 0.731. The summed E-state index contributed by atoms with van der Waals surface area (Å²) in [4.78, 5) is 4.59. The number of nitrogens with two attached hydrogens (primary N) is 1. The number of para-hydroxylation sites is 1. The molecule has 0 aliphatic rings. The number of aromatic nitrogens is 1. The molecule has 3 nitrogen and oxygen atoms in total. The van der Waals surface area contributed by atoms with E-state index in [-0.39, 0.29) is 0 Å². The molecule has 0 saturated heterocycles. The third kappa shape index (κ3) is 3.89. The molecule has 3 rings (SSSR count). The van der Waals surface area contributed by atoms with Crippen LogP contribution in [0.5, 0.6) is 5.75 Å². The molecule has 0 amide bonds. The minimum atomic E-state index is 0.731. The molecule has 0 unspecified atom stereocenters. The quantitative estimate of drug-likeness (QED) is 0.415. The number of benzene rings is 2. The van der Waals surface area contributed by atoms with Crippen molar-refractivity contribution >= 4 is 39.0 Å². The molecule has 2 aromatic carbocycles. The second kappa shape index (κ2) is 6.83. The molecule has 0 atom stereocenters. The number of thioether (sulfide) groups is 1. The lowest BCUT2D eigenvalue weighted by atomic mass is 10.3. The average Bonchev–Trinajstić information content (AvgIpc) is 2.90. The lowest BCUT2D eigenvalue weighted by Crippen LogP contribution is -1.98. The van der Waals surface area contributed by atoms with Crippen molar-refractivity contribution in [2.75, 3.05) is 18.1 Å². The second-order valence-corrected chi connectivity index (χ2v) is 6.94. The Morgan fingerprint density at radius 1 is 1.14 bits per heavy atom. The van der Waals surface area contributed by atoms with Crippen molar-refractivity contribution in [3.8, 4) is 5.75 Å². The van der Waals surface area contributed by atoms with Crippen LogP contribution in [0.2, 0.25) is 0 Å². The fourth-order valence-corrected chi connectivity index (χ4v) is 4.01. The molecule has 5 heteroatoms. The summed E-state index contributed by atoms with van der Waals surface area (Å²) in [6.45, 7) is 0.731. The zero-order chi connectivity index (χ0) is 14.5. The van der Waals surface area contributed by atoms with Gasteiger partial charge in [0.2, 0.25) is 0 Å². The molecule has 108 valence electrons. The largest absolute Gasteiger partial charge is 0.494 e. The Morgan fingerprint density at radius 2 is 2.00 bits per heavy atom. The Kier molecular flexibility index (Phi) is 4.62. The van der Waals surface area contributed by atoms with E-state index in [4.69, 9.17) is 10.5 Å². The molecular weight excluding hydrogens is 300 g/mol. The highest BCUT2D eigenvalue weighted by Gasteiger charge is 2.04. The van der Waals surface area contributed by atoms with Gasteiger partial charge in [0.25, 0.3) is 0 Å². The van der Waals surface area contributed by atoms with Gasteiger partial charge in [-0.25, -0.2) is 4.98 Å². The lowest BCUT2D eigenvalue weighted by molar-refractivity contribution is 0.319. The van der Waals surface area contributed by atoms with E-state index in [0.717, 1.165) is 44.8 Å². The van der Waals surface area contributed by atoms with E-state index in [2.05, 4.69) is 4.98 Å². The van der Waals surface area contributed by atoms with Gasteiger partial charge < -0.3 is 10.5 Å². The molecular formula is C16H16N2OS2. The molecule has 0 bridgehead atoms. The summed E-state index contributed by atoms with van der Waals surface area (Å²) in [6.07, 6.45) is 0.998. The van der Waals surface area contributed by atoms with Crippen LogP contribution >= 0.6 is 23.1 Å². The van der Waals surface area contributed by atoms with Gasteiger partial charge in [-0.2, -0.15) is 0 Å². The monoisotopic (exact) mass is 316 g/mol. The zero-order valence-corrected chi connectivity index (χ0v) is 13.1. The smallest absolute Gasteiger partial charge is 0.151 e. The highest BCUT2D eigenvalue weighted by molar-refractivity contribution is 8.01. The summed E-state index contributed by atoms with van der Waals surface area (Å²) in [7, 11) is 0. The van der Waals surface area contributed by atoms with Gasteiger partial charge in [0.15, 0.2) is 4.34 Å². The van der Waals surface area contributed by atoms with Crippen LogP contribution in [0.3, 0.4) is 0 Å². The molecule has 0 aliphatic carbocycles. The Labute approximate surface area is 132 Å². The lowest BCUT2D eigenvalue weighted by Gasteiger charge is -2.04. The number of nitrogens with zero attached hydrogens (tertiary/aromatic N) is 1. The summed E-state index contributed by atoms with van der Waals surface area (Å²) in [5.74, 6) is 1.93. The number of hydrogen-bond donors (Lipinski definition) is 1. The number of fused-ring (bicyclic) bond motifs is 1. The Hall–Kier alpha value is -1.72. The maximum atomic E-state index is 5.78. The van der Waals surface area contributed by atoms with Crippen LogP contribution in [0.4, 0.5) is 5.69 Å². The molecule has 1 aromatic heterocycles. The third-order valence-corrected chi connectivity index (χ3v) is 5.17. The van der Waals surface area contributed by atoms with Crippen molar-refractivity contribution < 1.29 is 4.74 Å². The van der Waals surface area contributed by atoms with Gasteiger partial charge >= 0.3 is 0 Å². The van der Waals surface area contributed by atoms with Crippen molar-refractivity contribution in [2.24, 2.45) is 0 Å². The van der Waals surface area contributed by atoms with Crippen molar-refractivity contribution in [1.82, 2.24) is 4.98 Å². The maximum absolute atomic E-state index is 5.78. The number of anilines is 1. The van der Waals surface area contributed by atoms with Crippen LogP contribution in [0.25, 0.3) is 10.2 Å². The van der Waals surface area contributed by atoms with Gasteiger partial charge in [0, 0.05) is 11.4 Å². The molecule has 2 N–H and O–H groups in total.